The first-order chi connectivity index (χ1) is 6.79. The van der Waals surface area contributed by atoms with E-state index in [1.807, 2.05) is 0 Å². The standard InChI is InChI=1S/C7H5F3N2O3/c1-4-2-5(12(13)14)3-11-6(4)15-7(8,9)10/h2-3H,1H3. The minimum atomic E-state index is -4.85. The Balaban J connectivity index is 2.99. The molecule has 0 N–H and O–H groups in total. The van der Waals surface area contributed by atoms with Crippen LogP contribution in [0.25, 0.3) is 0 Å². The van der Waals surface area contributed by atoms with Gasteiger partial charge in [0.15, 0.2) is 0 Å². The first-order valence-corrected chi connectivity index (χ1v) is 3.66. The molecule has 0 aromatic carbocycles. The highest BCUT2D eigenvalue weighted by atomic mass is 19.4. The number of hydrogen-bond donors (Lipinski definition) is 0. The minimum Gasteiger partial charge on any atom is -0.388 e. The average Bonchev–Trinajstić information content (AvgIpc) is 2.05. The quantitative estimate of drug-likeness (QED) is 0.568. The smallest absolute Gasteiger partial charge is 0.388 e. The molecule has 0 spiro atoms. The minimum absolute atomic E-state index is 0.0541. The van der Waals surface area contributed by atoms with E-state index in [0.29, 0.717) is 6.20 Å². The first kappa shape index (κ1) is 11.2. The highest BCUT2D eigenvalue weighted by molar-refractivity contribution is 5.36. The van der Waals surface area contributed by atoms with Crippen molar-refractivity contribution in [3.05, 3.63) is 27.9 Å². The number of alkyl halides is 3. The molecule has 0 aliphatic carbocycles. The van der Waals surface area contributed by atoms with Gasteiger partial charge in [-0.1, -0.05) is 0 Å². The molecule has 0 saturated carbocycles. The van der Waals surface area contributed by atoms with Gasteiger partial charge in [-0.25, -0.2) is 4.98 Å². The van der Waals surface area contributed by atoms with E-state index in [1.165, 1.54) is 6.92 Å². The Kier molecular flexibility index (Phi) is 2.78. The number of nitrogens with zero attached hydrogens (tertiary/aromatic N) is 2. The Hall–Kier alpha value is -1.86. The number of rotatable bonds is 2. The van der Waals surface area contributed by atoms with Crippen LogP contribution in [-0.4, -0.2) is 16.3 Å². The summed E-state index contributed by atoms with van der Waals surface area (Å²) in [7, 11) is 0. The van der Waals surface area contributed by atoms with Crippen LogP contribution < -0.4 is 4.74 Å². The molecule has 15 heavy (non-hydrogen) atoms. The van der Waals surface area contributed by atoms with Gasteiger partial charge in [-0.05, 0) is 6.92 Å². The number of aryl methyl sites for hydroxylation is 1. The summed E-state index contributed by atoms with van der Waals surface area (Å²) in [6, 6.07) is 0.952. The van der Waals surface area contributed by atoms with Crippen molar-refractivity contribution in [2.75, 3.05) is 0 Å². The number of halogens is 3. The van der Waals surface area contributed by atoms with Gasteiger partial charge in [-0.2, -0.15) is 0 Å². The predicted molar refractivity (Wildman–Crippen MR) is 42.3 cm³/mol. The fourth-order valence-electron chi connectivity index (χ4n) is 0.864. The second kappa shape index (κ2) is 3.71. The fourth-order valence-corrected chi connectivity index (χ4v) is 0.864. The lowest BCUT2D eigenvalue weighted by molar-refractivity contribution is -0.385. The summed E-state index contributed by atoms with van der Waals surface area (Å²) in [5.41, 5.74) is -0.441. The Morgan fingerprint density at radius 2 is 2.13 bits per heavy atom. The molecule has 0 amide bonds. The van der Waals surface area contributed by atoms with Gasteiger partial charge in [0.05, 0.1) is 4.92 Å². The largest absolute Gasteiger partial charge is 0.574 e. The van der Waals surface area contributed by atoms with E-state index in [1.54, 1.807) is 0 Å². The molecule has 1 heterocycles. The number of nitro groups is 1. The molecule has 82 valence electrons. The summed E-state index contributed by atoms with van der Waals surface area (Å²) >= 11 is 0. The predicted octanol–water partition coefficient (Wildman–Crippen LogP) is 2.20. The van der Waals surface area contributed by atoms with Crippen LogP contribution in [0.3, 0.4) is 0 Å². The summed E-state index contributed by atoms with van der Waals surface area (Å²) < 4.78 is 38.9. The average molecular weight is 222 g/mol. The summed E-state index contributed by atoms with van der Waals surface area (Å²) in [4.78, 5) is 12.7. The van der Waals surface area contributed by atoms with Gasteiger partial charge in [0.25, 0.3) is 5.69 Å². The number of ether oxygens (including phenoxy) is 1. The molecule has 0 saturated heterocycles. The molecule has 1 aromatic heterocycles. The van der Waals surface area contributed by atoms with E-state index >= 15 is 0 Å². The van der Waals surface area contributed by atoms with Crippen molar-refractivity contribution in [2.24, 2.45) is 0 Å². The normalized spacial score (nSPS) is 11.2. The second-order valence-corrected chi connectivity index (χ2v) is 2.62. The van der Waals surface area contributed by atoms with E-state index in [-0.39, 0.29) is 11.3 Å². The lowest BCUT2D eigenvalue weighted by atomic mass is 10.3. The molecule has 1 rings (SSSR count). The topological polar surface area (TPSA) is 65.3 Å². The molecule has 5 nitrogen and oxygen atoms in total. The van der Waals surface area contributed by atoms with Crippen LogP contribution in [0, 0.1) is 17.0 Å². The Morgan fingerprint density at radius 1 is 1.53 bits per heavy atom. The molecule has 0 atom stereocenters. The van der Waals surface area contributed by atoms with E-state index in [4.69, 9.17) is 0 Å². The summed E-state index contributed by atoms with van der Waals surface area (Å²) in [6.45, 7) is 1.24. The Bertz CT molecular complexity index is 392. The monoisotopic (exact) mass is 222 g/mol. The summed E-state index contributed by atoms with van der Waals surface area (Å²) in [5.74, 6) is -0.687. The summed E-state index contributed by atoms with van der Waals surface area (Å²) in [5, 5.41) is 10.3. The molecule has 0 radical (unpaired) electrons. The molecule has 0 fully saturated rings. The van der Waals surface area contributed by atoms with Crippen LogP contribution in [0.5, 0.6) is 5.88 Å². The van der Waals surface area contributed by atoms with Gasteiger partial charge in [0.1, 0.15) is 6.20 Å². The highest BCUT2D eigenvalue weighted by Gasteiger charge is 2.32. The van der Waals surface area contributed by atoms with Crippen LogP contribution in [0.4, 0.5) is 18.9 Å². The third-order valence-corrected chi connectivity index (χ3v) is 1.44. The van der Waals surface area contributed by atoms with Crippen molar-refractivity contribution < 1.29 is 22.8 Å². The molecule has 0 unspecified atom stereocenters. The van der Waals surface area contributed by atoms with Gasteiger partial charge < -0.3 is 4.74 Å². The lowest BCUT2D eigenvalue weighted by Gasteiger charge is -2.09. The maximum atomic E-state index is 11.8. The molecule has 0 bridgehead atoms. The number of hydrogen-bond acceptors (Lipinski definition) is 4. The Labute approximate surface area is 81.6 Å². The second-order valence-electron chi connectivity index (χ2n) is 2.62. The fraction of sp³-hybridized carbons (Fsp3) is 0.286. The summed E-state index contributed by atoms with van der Waals surface area (Å²) in [6.07, 6.45) is -4.15. The van der Waals surface area contributed by atoms with Crippen LogP contribution in [-0.2, 0) is 0 Å². The zero-order valence-electron chi connectivity index (χ0n) is 7.41. The van der Waals surface area contributed by atoms with Crippen molar-refractivity contribution in [3.8, 4) is 5.88 Å². The molecule has 0 aliphatic heterocycles. The van der Waals surface area contributed by atoms with Crippen molar-refractivity contribution in [1.29, 1.82) is 0 Å². The highest BCUT2D eigenvalue weighted by Crippen LogP contribution is 2.25. The van der Waals surface area contributed by atoms with Crippen molar-refractivity contribution in [3.63, 3.8) is 0 Å². The van der Waals surface area contributed by atoms with Crippen molar-refractivity contribution >= 4 is 5.69 Å². The van der Waals surface area contributed by atoms with E-state index in [9.17, 15) is 23.3 Å². The van der Waals surface area contributed by atoms with E-state index < -0.39 is 17.2 Å². The maximum absolute atomic E-state index is 11.8. The third-order valence-electron chi connectivity index (χ3n) is 1.44. The van der Waals surface area contributed by atoms with Gasteiger partial charge in [0, 0.05) is 11.6 Å². The number of aromatic nitrogens is 1. The maximum Gasteiger partial charge on any atom is 0.574 e. The van der Waals surface area contributed by atoms with Gasteiger partial charge in [0.2, 0.25) is 5.88 Å². The van der Waals surface area contributed by atoms with Gasteiger partial charge in [-0.15, -0.1) is 13.2 Å². The first-order valence-electron chi connectivity index (χ1n) is 3.66. The Morgan fingerprint density at radius 3 is 2.53 bits per heavy atom. The molecular formula is C7H5F3N2O3. The van der Waals surface area contributed by atoms with Crippen LogP contribution in [0.2, 0.25) is 0 Å². The lowest BCUT2D eigenvalue weighted by Crippen LogP contribution is -2.18. The van der Waals surface area contributed by atoms with Crippen LogP contribution in [0.15, 0.2) is 12.3 Å². The third kappa shape index (κ3) is 3.08. The van der Waals surface area contributed by atoms with Crippen molar-refractivity contribution in [2.45, 2.75) is 13.3 Å². The van der Waals surface area contributed by atoms with Crippen LogP contribution in [0.1, 0.15) is 5.56 Å². The van der Waals surface area contributed by atoms with E-state index in [0.717, 1.165) is 6.07 Å². The molecule has 0 aliphatic rings. The van der Waals surface area contributed by atoms with Crippen LogP contribution >= 0.6 is 0 Å². The molecule has 8 heteroatoms. The van der Waals surface area contributed by atoms with Gasteiger partial charge in [-0.3, -0.25) is 10.1 Å². The SMILES string of the molecule is Cc1cc([N+](=O)[O-])cnc1OC(F)(F)F. The molecule has 1 aromatic rings. The van der Waals surface area contributed by atoms with E-state index in [2.05, 4.69) is 9.72 Å². The number of pyridine rings is 1. The zero-order valence-corrected chi connectivity index (χ0v) is 7.41. The molecular weight excluding hydrogens is 217 g/mol. The van der Waals surface area contributed by atoms with Crippen molar-refractivity contribution in [1.82, 2.24) is 4.98 Å². The van der Waals surface area contributed by atoms with Gasteiger partial charge >= 0.3 is 6.36 Å². The zero-order chi connectivity index (χ0) is 11.6.